The number of alkyl halides is 1. The zero-order chi connectivity index (χ0) is 14.3. The third kappa shape index (κ3) is 5.61. The molecule has 1 amide bonds. The van der Waals surface area contributed by atoms with Gasteiger partial charge in [0, 0.05) is 17.4 Å². The summed E-state index contributed by atoms with van der Waals surface area (Å²) < 4.78 is 13.7. The van der Waals surface area contributed by atoms with Gasteiger partial charge in [-0.3, -0.25) is 4.79 Å². The first-order valence-electron chi connectivity index (χ1n) is 6.37. The molecule has 0 aliphatic carbocycles. The first kappa shape index (κ1) is 16.6. The van der Waals surface area contributed by atoms with Crippen LogP contribution >= 0.6 is 31.9 Å². The molecule has 0 fully saturated rings. The summed E-state index contributed by atoms with van der Waals surface area (Å²) in [5.74, 6) is -0.172. The predicted molar refractivity (Wildman–Crippen MR) is 83.2 cm³/mol. The van der Waals surface area contributed by atoms with E-state index in [-0.39, 0.29) is 5.91 Å². The molecule has 1 aromatic carbocycles. The van der Waals surface area contributed by atoms with Gasteiger partial charge in [-0.2, -0.15) is 0 Å². The van der Waals surface area contributed by atoms with Gasteiger partial charge in [-0.15, -0.1) is 0 Å². The number of amides is 1. The van der Waals surface area contributed by atoms with Gasteiger partial charge in [0.25, 0.3) is 5.91 Å². The van der Waals surface area contributed by atoms with Gasteiger partial charge >= 0.3 is 0 Å². The van der Waals surface area contributed by atoms with E-state index in [2.05, 4.69) is 44.1 Å². The number of halogens is 3. The lowest BCUT2D eigenvalue weighted by Gasteiger charge is -2.15. The van der Waals surface area contributed by atoms with E-state index in [9.17, 15) is 9.18 Å². The largest absolute Gasteiger partial charge is 0.352 e. The number of carbonyl (C=O) groups is 1. The van der Waals surface area contributed by atoms with Crippen molar-refractivity contribution in [3.05, 3.63) is 34.1 Å². The van der Waals surface area contributed by atoms with Crippen LogP contribution in [0.25, 0.3) is 0 Å². The van der Waals surface area contributed by atoms with E-state index >= 15 is 0 Å². The van der Waals surface area contributed by atoms with Crippen molar-refractivity contribution in [1.29, 1.82) is 0 Å². The topological polar surface area (TPSA) is 29.1 Å². The van der Waals surface area contributed by atoms with Gasteiger partial charge in [0.2, 0.25) is 0 Å². The maximum Gasteiger partial charge on any atom is 0.251 e. The van der Waals surface area contributed by atoms with E-state index in [1.807, 2.05) is 0 Å². The molecule has 1 aromatic rings. The molecule has 1 unspecified atom stereocenters. The van der Waals surface area contributed by atoms with Crippen LogP contribution in [0.2, 0.25) is 0 Å². The third-order valence-electron chi connectivity index (χ3n) is 2.95. The maximum atomic E-state index is 13.3. The Bertz CT molecular complexity index is 420. The molecule has 2 nitrogen and oxygen atoms in total. The van der Waals surface area contributed by atoms with Crippen molar-refractivity contribution < 1.29 is 9.18 Å². The molecule has 0 saturated carbocycles. The minimum absolute atomic E-state index is 0.220. The molecular weight excluding hydrogens is 377 g/mol. The lowest BCUT2D eigenvalue weighted by atomic mass is 10.0. The molecule has 0 radical (unpaired) electrons. The zero-order valence-electron chi connectivity index (χ0n) is 10.9. The molecular formula is C14H18Br2FNO. The van der Waals surface area contributed by atoms with Crippen molar-refractivity contribution >= 4 is 37.8 Å². The molecule has 0 saturated heterocycles. The standard InChI is InChI=1S/C14H18Br2FNO/c1-2-3-10(6-7-15)9-18-14(19)11-4-5-12(16)13(17)8-11/h4-5,8,10H,2-3,6-7,9H2,1H3,(H,18,19). The van der Waals surface area contributed by atoms with Crippen molar-refractivity contribution in [2.45, 2.75) is 26.2 Å². The summed E-state index contributed by atoms with van der Waals surface area (Å²) in [6, 6.07) is 4.41. The number of carbonyl (C=O) groups excluding carboxylic acids is 1. The molecule has 1 atom stereocenters. The van der Waals surface area contributed by atoms with Gasteiger partial charge in [-0.05, 0) is 52.9 Å². The molecule has 0 aliphatic rings. The van der Waals surface area contributed by atoms with E-state index in [1.165, 1.54) is 6.07 Å². The van der Waals surface area contributed by atoms with Crippen LogP contribution in [0, 0.1) is 11.7 Å². The minimum Gasteiger partial charge on any atom is -0.352 e. The van der Waals surface area contributed by atoms with Gasteiger partial charge in [-0.1, -0.05) is 29.3 Å². The van der Waals surface area contributed by atoms with E-state index in [0.29, 0.717) is 22.5 Å². The summed E-state index contributed by atoms with van der Waals surface area (Å²) >= 11 is 6.49. The lowest BCUT2D eigenvalue weighted by molar-refractivity contribution is 0.0945. The van der Waals surface area contributed by atoms with Gasteiger partial charge in [-0.25, -0.2) is 4.39 Å². The Morgan fingerprint density at radius 2 is 2.16 bits per heavy atom. The second-order valence-electron chi connectivity index (χ2n) is 4.47. The Morgan fingerprint density at radius 3 is 2.74 bits per heavy atom. The van der Waals surface area contributed by atoms with Crippen molar-refractivity contribution in [3.63, 3.8) is 0 Å². The number of rotatable bonds is 7. The number of benzene rings is 1. The summed E-state index contributed by atoms with van der Waals surface area (Å²) in [5, 5.41) is 3.80. The van der Waals surface area contributed by atoms with Crippen LogP contribution < -0.4 is 5.32 Å². The fourth-order valence-corrected chi connectivity index (χ4v) is 2.78. The number of hydrogen-bond acceptors (Lipinski definition) is 1. The maximum absolute atomic E-state index is 13.3. The van der Waals surface area contributed by atoms with Crippen LogP contribution in [0.15, 0.2) is 22.7 Å². The van der Waals surface area contributed by atoms with Crippen LogP contribution in [-0.4, -0.2) is 17.8 Å². The monoisotopic (exact) mass is 393 g/mol. The van der Waals surface area contributed by atoms with Crippen LogP contribution in [0.5, 0.6) is 0 Å². The number of hydrogen-bond donors (Lipinski definition) is 1. The van der Waals surface area contributed by atoms with Crippen molar-refractivity contribution in [2.24, 2.45) is 5.92 Å². The number of nitrogens with one attached hydrogen (secondary N) is 1. The molecule has 0 aliphatic heterocycles. The second kappa shape index (κ2) is 8.69. The smallest absolute Gasteiger partial charge is 0.251 e. The first-order valence-corrected chi connectivity index (χ1v) is 8.29. The molecule has 0 spiro atoms. The van der Waals surface area contributed by atoms with Gasteiger partial charge in [0.1, 0.15) is 5.82 Å². The molecule has 0 bridgehead atoms. The molecule has 1 N–H and O–H groups in total. The van der Waals surface area contributed by atoms with Gasteiger partial charge < -0.3 is 5.32 Å². The molecule has 1 rings (SSSR count). The van der Waals surface area contributed by atoms with Crippen LogP contribution in [0.3, 0.4) is 0 Å². The summed E-state index contributed by atoms with van der Waals surface area (Å²) in [6.07, 6.45) is 3.21. The molecule has 0 aromatic heterocycles. The highest BCUT2D eigenvalue weighted by Gasteiger charge is 2.12. The average molecular weight is 395 g/mol. The van der Waals surface area contributed by atoms with Crippen LogP contribution in [0.4, 0.5) is 4.39 Å². The third-order valence-corrected chi connectivity index (χ3v) is 4.05. The molecule has 5 heteroatoms. The van der Waals surface area contributed by atoms with Crippen molar-refractivity contribution in [3.8, 4) is 0 Å². The van der Waals surface area contributed by atoms with Crippen molar-refractivity contribution in [2.75, 3.05) is 11.9 Å². The SMILES string of the molecule is CCCC(CCBr)CNC(=O)c1ccc(Br)c(F)c1. The highest BCUT2D eigenvalue weighted by Crippen LogP contribution is 2.17. The summed E-state index contributed by atoms with van der Waals surface area (Å²) in [4.78, 5) is 11.9. The lowest BCUT2D eigenvalue weighted by Crippen LogP contribution is -2.29. The van der Waals surface area contributed by atoms with Crippen molar-refractivity contribution in [1.82, 2.24) is 5.32 Å². The second-order valence-corrected chi connectivity index (χ2v) is 6.12. The normalized spacial score (nSPS) is 12.2. The highest BCUT2D eigenvalue weighted by molar-refractivity contribution is 9.10. The summed E-state index contributed by atoms with van der Waals surface area (Å²) in [5.41, 5.74) is 0.356. The minimum atomic E-state index is -0.418. The quantitative estimate of drug-likeness (QED) is 0.676. The van der Waals surface area contributed by atoms with E-state index in [1.54, 1.807) is 12.1 Å². The Kier molecular flexibility index (Phi) is 7.61. The summed E-state index contributed by atoms with van der Waals surface area (Å²) in [7, 11) is 0. The highest BCUT2D eigenvalue weighted by atomic mass is 79.9. The van der Waals surface area contributed by atoms with Crippen LogP contribution in [-0.2, 0) is 0 Å². The van der Waals surface area contributed by atoms with E-state index in [0.717, 1.165) is 24.6 Å². The Hall–Kier alpha value is -0.420. The zero-order valence-corrected chi connectivity index (χ0v) is 14.1. The fraction of sp³-hybridized carbons (Fsp3) is 0.500. The van der Waals surface area contributed by atoms with Gasteiger partial charge in [0.05, 0.1) is 4.47 Å². The average Bonchev–Trinajstić information content (AvgIpc) is 2.39. The fourth-order valence-electron chi connectivity index (χ4n) is 1.89. The Labute approximate surface area is 130 Å². The van der Waals surface area contributed by atoms with Gasteiger partial charge in [0.15, 0.2) is 0 Å². The van der Waals surface area contributed by atoms with E-state index < -0.39 is 5.82 Å². The Morgan fingerprint density at radius 1 is 1.42 bits per heavy atom. The molecule has 19 heavy (non-hydrogen) atoms. The van der Waals surface area contributed by atoms with E-state index in [4.69, 9.17) is 0 Å². The predicted octanol–water partition coefficient (Wildman–Crippen LogP) is 4.52. The molecule has 0 heterocycles. The summed E-state index contributed by atoms with van der Waals surface area (Å²) in [6.45, 7) is 2.77. The Balaban J connectivity index is 2.56. The first-order chi connectivity index (χ1) is 9.08. The van der Waals surface area contributed by atoms with Crippen LogP contribution in [0.1, 0.15) is 36.5 Å². The molecule has 106 valence electrons.